The lowest BCUT2D eigenvalue weighted by Crippen LogP contribution is -3.00. The molecule has 0 fully saturated rings. The monoisotopic (exact) mass is 986 g/mol. The van der Waals surface area contributed by atoms with Crippen molar-refractivity contribution in [3.05, 3.63) is 205 Å². The van der Waals surface area contributed by atoms with Crippen LogP contribution in [-0.4, -0.2) is 13.2 Å². The van der Waals surface area contributed by atoms with Crippen LogP contribution in [0, 0.1) is 0 Å². The molecule has 2 nitrogen and oxygen atoms in total. The molecule has 0 N–H and O–H groups in total. The van der Waals surface area contributed by atoms with E-state index in [4.69, 9.17) is 9.47 Å². The summed E-state index contributed by atoms with van der Waals surface area (Å²) in [7, 11) is -4.48. The fourth-order valence-electron chi connectivity index (χ4n) is 8.63. The number of ether oxygens (including phenoxy) is 2. The van der Waals surface area contributed by atoms with E-state index in [2.05, 4.69) is 208 Å². The van der Waals surface area contributed by atoms with Crippen molar-refractivity contribution in [3.8, 4) is 11.5 Å². The van der Waals surface area contributed by atoms with Gasteiger partial charge in [0.25, 0.3) is 0 Å². The molecule has 0 aromatic heterocycles. The molecule has 0 saturated carbocycles. The van der Waals surface area contributed by atoms with Gasteiger partial charge in [0, 0.05) is 11.1 Å². The fraction of sp³-hybridized carbons (Fsp3) is 0.250. The topological polar surface area (TPSA) is 18.5 Å². The first kappa shape index (κ1) is 49.0. The van der Waals surface area contributed by atoms with Gasteiger partial charge in [-0.3, -0.25) is 0 Å². The van der Waals surface area contributed by atoms with Crippen LogP contribution in [0.5, 0.6) is 11.5 Å². The lowest BCUT2D eigenvalue weighted by atomic mass is 10.1. The van der Waals surface area contributed by atoms with Gasteiger partial charge in [0.15, 0.2) is 0 Å². The van der Waals surface area contributed by atoms with Crippen LogP contribution in [0.2, 0.25) is 0 Å². The third-order valence-corrected chi connectivity index (χ3v) is 20.5. The SMILES string of the molecule is CCCCCCOc1cc(C[P+](c2ccccc2)(c2ccccc2)c2ccccc2)c(OCCCCCC)cc1C[P+](c1ccccc1)(c1ccccc1)c1ccccc1.[Br-].[Br-]. The molecule has 0 radical (unpaired) electrons. The van der Waals surface area contributed by atoms with Crippen molar-refractivity contribution < 1.29 is 43.4 Å². The molecule has 7 aromatic carbocycles. The number of hydrogen-bond donors (Lipinski definition) is 0. The van der Waals surface area contributed by atoms with Gasteiger partial charge in [-0.1, -0.05) is 162 Å². The normalized spacial score (nSPS) is 11.3. The first-order valence-corrected chi connectivity index (χ1v) is 26.1. The highest BCUT2D eigenvalue weighted by Crippen LogP contribution is 2.62. The Kier molecular flexibility index (Phi) is 20.0. The van der Waals surface area contributed by atoms with Crippen molar-refractivity contribution in [3.63, 3.8) is 0 Å². The van der Waals surface area contributed by atoms with E-state index < -0.39 is 14.5 Å². The Hall–Kier alpha value is -4.04. The van der Waals surface area contributed by atoms with Crippen molar-refractivity contribution in [1.82, 2.24) is 0 Å². The summed E-state index contributed by atoms with van der Waals surface area (Å²) in [6, 6.07) is 72.2. The van der Waals surface area contributed by atoms with Gasteiger partial charge in [-0.25, -0.2) is 0 Å². The van der Waals surface area contributed by atoms with Crippen LogP contribution in [0.3, 0.4) is 0 Å². The van der Waals surface area contributed by atoms with Crippen LogP contribution < -0.4 is 75.3 Å². The van der Waals surface area contributed by atoms with Crippen molar-refractivity contribution >= 4 is 46.4 Å². The second-order valence-corrected chi connectivity index (χ2v) is 22.8. The predicted molar refractivity (Wildman–Crippen MR) is 263 cm³/mol. The lowest BCUT2D eigenvalue weighted by Gasteiger charge is -2.30. The summed E-state index contributed by atoms with van der Waals surface area (Å²) in [5.74, 6) is 1.97. The fourth-order valence-corrected chi connectivity index (χ4v) is 17.1. The highest BCUT2D eigenvalue weighted by atomic mass is 79.9. The van der Waals surface area contributed by atoms with Crippen LogP contribution in [0.25, 0.3) is 0 Å². The van der Waals surface area contributed by atoms with E-state index in [1.54, 1.807) is 0 Å². The van der Waals surface area contributed by atoms with Crippen molar-refractivity contribution in [2.75, 3.05) is 13.2 Å². The van der Waals surface area contributed by atoms with Gasteiger partial charge in [-0.15, -0.1) is 0 Å². The highest BCUT2D eigenvalue weighted by molar-refractivity contribution is 7.95. The lowest BCUT2D eigenvalue weighted by molar-refractivity contribution is -0.001000. The van der Waals surface area contributed by atoms with Crippen molar-refractivity contribution in [2.24, 2.45) is 0 Å². The van der Waals surface area contributed by atoms with Crippen molar-refractivity contribution in [1.29, 1.82) is 0 Å². The third kappa shape index (κ3) is 11.7. The van der Waals surface area contributed by atoms with Gasteiger partial charge in [-0.05, 0) is 97.8 Å². The van der Waals surface area contributed by atoms with Crippen molar-refractivity contribution in [2.45, 2.75) is 77.5 Å². The molecule has 6 heteroatoms. The molecule has 0 aliphatic carbocycles. The summed E-state index contributed by atoms with van der Waals surface area (Å²) in [6.45, 7) is 5.92. The van der Waals surface area contributed by atoms with Gasteiger partial charge in [-0.2, -0.15) is 0 Å². The highest BCUT2D eigenvalue weighted by Gasteiger charge is 2.48. The Balaban J connectivity index is 0.00000363. The minimum Gasteiger partial charge on any atom is -1.00 e. The standard InChI is InChI=1S/C56H62O2P2.2BrH/c1-3-5-7-27-41-57-55-43-48(46-60(52-35-21-12-22-36-52,53-37-23-13-24-38-53)54-39-25-14-26-40-54)56(58-42-28-8-6-4-2)44-47(55)45-59(49-29-15-9-16-30-49,50-31-17-10-18-32-50)51-33-19-11-20-34-51;;/h9-26,29-40,43-44H,3-8,27-28,41-42,45-46H2,1-2H3;2*1H/q+2;;/p-2. The molecule has 0 atom stereocenters. The molecular formula is C56H62Br2O2P2. The smallest absolute Gasteiger partial charge is 0.126 e. The Labute approximate surface area is 394 Å². The minimum absolute atomic E-state index is 0. The van der Waals surface area contributed by atoms with E-state index >= 15 is 0 Å². The van der Waals surface area contributed by atoms with Gasteiger partial charge in [0.2, 0.25) is 0 Å². The quantitative estimate of drug-likeness (QED) is 0.0564. The zero-order valence-electron chi connectivity index (χ0n) is 36.4. The molecule has 322 valence electrons. The van der Waals surface area contributed by atoms with Gasteiger partial charge in [0.05, 0.1) is 13.2 Å². The second kappa shape index (κ2) is 25.3. The number of hydrogen-bond acceptors (Lipinski definition) is 2. The average Bonchev–Trinajstić information content (AvgIpc) is 3.32. The van der Waals surface area contributed by atoms with E-state index in [1.807, 2.05) is 0 Å². The maximum atomic E-state index is 7.10. The van der Waals surface area contributed by atoms with E-state index in [9.17, 15) is 0 Å². The summed E-state index contributed by atoms with van der Waals surface area (Å²) >= 11 is 0. The minimum atomic E-state index is -2.24. The summed E-state index contributed by atoms with van der Waals surface area (Å²) in [5.41, 5.74) is 2.43. The molecular weight excluding hydrogens is 926 g/mol. The third-order valence-electron chi connectivity index (χ3n) is 11.8. The van der Waals surface area contributed by atoms with Crippen LogP contribution in [-0.2, 0) is 12.3 Å². The molecule has 0 unspecified atom stereocenters. The molecule has 0 aliphatic heterocycles. The number of benzene rings is 7. The first-order chi connectivity index (χ1) is 29.7. The maximum Gasteiger partial charge on any atom is 0.126 e. The first-order valence-electron chi connectivity index (χ1n) is 22.2. The number of halogens is 2. The summed E-state index contributed by atoms with van der Waals surface area (Å²) in [6.07, 6.45) is 10.9. The van der Waals surface area contributed by atoms with Gasteiger partial charge < -0.3 is 43.4 Å². The zero-order valence-corrected chi connectivity index (χ0v) is 41.4. The van der Waals surface area contributed by atoms with Gasteiger partial charge >= 0.3 is 0 Å². The molecule has 0 saturated heterocycles. The Bertz CT molecular complexity index is 1940. The Morgan fingerprint density at radius 3 is 0.790 bits per heavy atom. The number of unbranched alkanes of at least 4 members (excludes halogenated alkanes) is 6. The molecule has 0 amide bonds. The molecule has 0 heterocycles. The molecule has 62 heavy (non-hydrogen) atoms. The summed E-state index contributed by atoms with van der Waals surface area (Å²) in [5, 5.41) is 8.19. The predicted octanol–water partition coefficient (Wildman–Crippen LogP) is 6.60. The zero-order chi connectivity index (χ0) is 41.3. The Morgan fingerprint density at radius 1 is 0.323 bits per heavy atom. The van der Waals surface area contributed by atoms with E-state index in [0.29, 0.717) is 13.2 Å². The maximum absolute atomic E-state index is 7.10. The number of rotatable bonds is 22. The van der Waals surface area contributed by atoms with Crippen LogP contribution >= 0.6 is 14.5 Å². The molecule has 7 rings (SSSR count). The second-order valence-electron chi connectivity index (χ2n) is 15.8. The summed E-state index contributed by atoms with van der Waals surface area (Å²) < 4.78 is 14.2. The van der Waals surface area contributed by atoms with E-state index in [-0.39, 0.29) is 34.0 Å². The van der Waals surface area contributed by atoms with Crippen LogP contribution in [0.4, 0.5) is 0 Å². The van der Waals surface area contributed by atoms with Crippen LogP contribution in [0.1, 0.15) is 76.3 Å². The molecule has 0 spiro atoms. The van der Waals surface area contributed by atoms with E-state index in [0.717, 1.165) is 49.5 Å². The molecule has 7 aromatic rings. The van der Waals surface area contributed by atoms with E-state index in [1.165, 1.54) is 68.6 Å². The largest absolute Gasteiger partial charge is 1.00 e. The Morgan fingerprint density at radius 2 is 0.565 bits per heavy atom. The average molecular weight is 989 g/mol. The van der Waals surface area contributed by atoms with Crippen LogP contribution in [0.15, 0.2) is 194 Å². The molecule has 0 bridgehead atoms. The van der Waals surface area contributed by atoms with Gasteiger partial charge in [0.1, 0.15) is 70.2 Å². The summed E-state index contributed by atoms with van der Waals surface area (Å²) in [4.78, 5) is 0. The molecule has 0 aliphatic rings.